The highest BCUT2D eigenvalue weighted by Gasteiger charge is 2.37. The molecule has 2 rings (SSSR count). The van der Waals surface area contributed by atoms with E-state index in [0.29, 0.717) is 31.2 Å². The van der Waals surface area contributed by atoms with Crippen LogP contribution in [0.4, 0.5) is 0 Å². The molecule has 1 fully saturated rings. The Labute approximate surface area is 101 Å². The van der Waals surface area contributed by atoms with Crippen molar-refractivity contribution >= 4 is 0 Å². The van der Waals surface area contributed by atoms with E-state index in [9.17, 15) is 0 Å². The van der Waals surface area contributed by atoms with E-state index in [4.69, 9.17) is 14.6 Å². The Bertz CT molecular complexity index is 342. The molecule has 0 atom stereocenters. The number of hydrogen-bond acceptors (Lipinski definition) is 5. The third-order valence-corrected chi connectivity index (χ3v) is 3.02. The normalized spacial score (nSPS) is 19.2. The minimum absolute atomic E-state index is 0.0367. The third-order valence-electron chi connectivity index (χ3n) is 3.02. The molecule has 5 heteroatoms. The van der Waals surface area contributed by atoms with E-state index in [1.807, 2.05) is 6.92 Å². The fraction of sp³-hybridized carbons (Fsp3) is 0.667. The van der Waals surface area contributed by atoms with Gasteiger partial charge in [-0.3, -0.25) is 0 Å². The summed E-state index contributed by atoms with van der Waals surface area (Å²) in [4.78, 5) is 8.62. The fourth-order valence-corrected chi connectivity index (χ4v) is 2.08. The molecule has 17 heavy (non-hydrogen) atoms. The highest BCUT2D eigenvalue weighted by Crippen LogP contribution is 2.33. The van der Waals surface area contributed by atoms with Crippen molar-refractivity contribution in [3.63, 3.8) is 0 Å². The SMILES string of the molecule is CCOC1(c2ncc(CO)cn2)CCOCC1. The van der Waals surface area contributed by atoms with Gasteiger partial charge in [0.25, 0.3) is 0 Å². The Morgan fingerprint density at radius 1 is 1.35 bits per heavy atom. The number of aliphatic hydroxyl groups is 1. The maximum absolute atomic E-state index is 8.98. The Morgan fingerprint density at radius 2 is 2.00 bits per heavy atom. The van der Waals surface area contributed by atoms with Gasteiger partial charge in [-0.05, 0) is 6.92 Å². The maximum atomic E-state index is 8.98. The molecule has 0 unspecified atom stereocenters. The first-order valence-electron chi connectivity index (χ1n) is 5.95. The van der Waals surface area contributed by atoms with Gasteiger partial charge in [-0.2, -0.15) is 0 Å². The summed E-state index contributed by atoms with van der Waals surface area (Å²) in [7, 11) is 0. The molecule has 0 spiro atoms. The molecule has 0 radical (unpaired) electrons. The lowest BCUT2D eigenvalue weighted by Crippen LogP contribution is -2.38. The van der Waals surface area contributed by atoms with Crippen LogP contribution in [0.2, 0.25) is 0 Å². The molecule has 0 aliphatic carbocycles. The molecule has 1 N–H and O–H groups in total. The second-order valence-corrected chi connectivity index (χ2v) is 4.11. The molecule has 2 heterocycles. The van der Waals surface area contributed by atoms with E-state index in [2.05, 4.69) is 9.97 Å². The van der Waals surface area contributed by atoms with Crippen LogP contribution in [0, 0.1) is 0 Å². The van der Waals surface area contributed by atoms with Gasteiger partial charge in [0, 0.05) is 50.6 Å². The van der Waals surface area contributed by atoms with E-state index >= 15 is 0 Å². The van der Waals surface area contributed by atoms with Crippen molar-refractivity contribution < 1.29 is 14.6 Å². The molecule has 0 bridgehead atoms. The lowest BCUT2D eigenvalue weighted by molar-refractivity contribution is -0.117. The average Bonchev–Trinajstić information content (AvgIpc) is 2.40. The molecule has 0 saturated carbocycles. The summed E-state index contributed by atoms with van der Waals surface area (Å²) in [6.45, 7) is 3.91. The summed E-state index contributed by atoms with van der Waals surface area (Å²) in [6.07, 6.45) is 4.86. The second kappa shape index (κ2) is 5.53. The topological polar surface area (TPSA) is 64.5 Å². The Hall–Kier alpha value is -1.04. The molecule has 94 valence electrons. The molecule has 5 nitrogen and oxygen atoms in total. The van der Waals surface area contributed by atoms with Crippen LogP contribution in [0.15, 0.2) is 12.4 Å². The minimum Gasteiger partial charge on any atom is -0.392 e. The molecule has 1 aliphatic rings. The van der Waals surface area contributed by atoms with Gasteiger partial charge in [0.05, 0.1) is 6.61 Å². The standard InChI is InChI=1S/C12H18N2O3/c1-2-17-12(3-5-16-6-4-12)11-13-7-10(9-15)8-14-11/h7-8,15H,2-6,9H2,1H3. The Kier molecular flexibility index (Phi) is 4.04. The van der Waals surface area contributed by atoms with Gasteiger partial charge < -0.3 is 14.6 Å². The van der Waals surface area contributed by atoms with E-state index in [-0.39, 0.29) is 6.61 Å². The van der Waals surface area contributed by atoms with E-state index < -0.39 is 5.60 Å². The molecule has 1 saturated heterocycles. The molecular weight excluding hydrogens is 220 g/mol. The van der Waals surface area contributed by atoms with Crippen LogP contribution in [0.5, 0.6) is 0 Å². The lowest BCUT2D eigenvalue weighted by atomic mass is 9.93. The zero-order valence-corrected chi connectivity index (χ0v) is 10.1. The first kappa shape index (κ1) is 12.4. The zero-order valence-electron chi connectivity index (χ0n) is 10.1. The van der Waals surface area contributed by atoms with Gasteiger partial charge in [-0.25, -0.2) is 9.97 Å². The summed E-state index contributed by atoms with van der Waals surface area (Å²) in [5, 5.41) is 8.98. The summed E-state index contributed by atoms with van der Waals surface area (Å²) >= 11 is 0. The van der Waals surface area contributed by atoms with Crippen LogP contribution in [0.25, 0.3) is 0 Å². The number of aromatic nitrogens is 2. The van der Waals surface area contributed by atoms with Crippen LogP contribution in [-0.4, -0.2) is 34.9 Å². The van der Waals surface area contributed by atoms with Crippen molar-refractivity contribution in [2.75, 3.05) is 19.8 Å². The quantitative estimate of drug-likeness (QED) is 0.848. The largest absolute Gasteiger partial charge is 0.392 e. The third kappa shape index (κ3) is 2.62. The van der Waals surface area contributed by atoms with Crippen molar-refractivity contribution in [1.82, 2.24) is 9.97 Å². The molecule has 1 aromatic heterocycles. The van der Waals surface area contributed by atoms with Crippen molar-refractivity contribution in [2.45, 2.75) is 32.0 Å². The highest BCUT2D eigenvalue weighted by molar-refractivity contribution is 5.09. The number of hydrogen-bond donors (Lipinski definition) is 1. The first-order chi connectivity index (χ1) is 8.30. The van der Waals surface area contributed by atoms with Crippen molar-refractivity contribution in [3.05, 3.63) is 23.8 Å². The van der Waals surface area contributed by atoms with Gasteiger partial charge in [0.15, 0.2) is 5.82 Å². The smallest absolute Gasteiger partial charge is 0.160 e. The van der Waals surface area contributed by atoms with Crippen LogP contribution < -0.4 is 0 Å². The number of rotatable bonds is 4. The summed E-state index contributed by atoms with van der Waals surface area (Å²) in [5.74, 6) is 0.694. The maximum Gasteiger partial charge on any atom is 0.160 e. The van der Waals surface area contributed by atoms with Crippen molar-refractivity contribution in [1.29, 1.82) is 0 Å². The predicted octanol–water partition coefficient (Wildman–Crippen LogP) is 1.01. The molecule has 1 aromatic rings. The van der Waals surface area contributed by atoms with Crippen LogP contribution in [0.1, 0.15) is 31.2 Å². The lowest BCUT2D eigenvalue weighted by Gasteiger charge is -2.35. The Balaban J connectivity index is 2.24. The minimum atomic E-state index is -0.416. The monoisotopic (exact) mass is 238 g/mol. The fourth-order valence-electron chi connectivity index (χ4n) is 2.08. The summed E-state index contributed by atoms with van der Waals surface area (Å²) < 4.78 is 11.2. The highest BCUT2D eigenvalue weighted by atomic mass is 16.5. The van der Waals surface area contributed by atoms with Gasteiger partial charge in [0.1, 0.15) is 5.60 Å². The predicted molar refractivity (Wildman–Crippen MR) is 61.3 cm³/mol. The van der Waals surface area contributed by atoms with Gasteiger partial charge in [-0.1, -0.05) is 0 Å². The molecular formula is C12H18N2O3. The van der Waals surface area contributed by atoms with Crippen LogP contribution >= 0.6 is 0 Å². The van der Waals surface area contributed by atoms with E-state index in [1.165, 1.54) is 0 Å². The zero-order chi connectivity index (χ0) is 12.1. The van der Waals surface area contributed by atoms with Crippen molar-refractivity contribution in [2.24, 2.45) is 0 Å². The van der Waals surface area contributed by atoms with Gasteiger partial charge in [-0.15, -0.1) is 0 Å². The van der Waals surface area contributed by atoms with E-state index in [1.54, 1.807) is 12.4 Å². The first-order valence-corrected chi connectivity index (χ1v) is 5.95. The van der Waals surface area contributed by atoms with Gasteiger partial charge >= 0.3 is 0 Å². The van der Waals surface area contributed by atoms with Crippen LogP contribution in [-0.2, 0) is 21.7 Å². The summed E-state index contributed by atoms with van der Waals surface area (Å²) in [6, 6.07) is 0. The summed E-state index contributed by atoms with van der Waals surface area (Å²) in [5.41, 5.74) is 0.300. The second-order valence-electron chi connectivity index (χ2n) is 4.11. The Morgan fingerprint density at radius 3 is 2.53 bits per heavy atom. The molecule has 1 aliphatic heterocycles. The number of ether oxygens (including phenoxy) is 2. The van der Waals surface area contributed by atoms with Crippen molar-refractivity contribution in [3.8, 4) is 0 Å². The molecule has 0 aromatic carbocycles. The molecule has 0 amide bonds. The number of aliphatic hydroxyl groups excluding tert-OH is 1. The van der Waals surface area contributed by atoms with Gasteiger partial charge in [0.2, 0.25) is 0 Å². The number of nitrogens with zero attached hydrogens (tertiary/aromatic N) is 2. The average molecular weight is 238 g/mol. The van der Waals surface area contributed by atoms with Crippen LogP contribution in [0.3, 0.4) is 0 Å². The van der Waals surface area contributed by atoms with E-state index in [0.717, 1.165) is 12.8 Å².